The predicted molar refractivity (Wildman–Crippen MR) is 154 cm³/mol. The van der Waals surface area contributed by atoms with E-state index in [1.54, 1.807) is 54.6 Å². The van der Waals surface area contributed by atoms with Crippen LogP contribution in [0, 0.1) is 5.41 Å². The molecule has 3 rings (SSSR count). The fourth-order valence-electron chi connectivity index (χ4n) is 3.77. The highest BCUT2D eigenvalue weighted by Crippen LogP contribution is 2.46. The van der Waals surface area contributed by atoms with Crippen molar-refractivity contribution in [1.82, 2.24) is 0 Å². The Morgan fingerprint density at radius 2 is 1.73 bits per heavy atom. The number of nitrogens with one attached hydrogen (secondary N) is 2. The highest BCUT2D eigenvalue weighted by molar-refractivity contribution is 9.11. The first kappa shape index (κ1) is 28.3. The number of carbonyl (C=O) groups is 2. The monoisotopic (exact) mass is 629 g/mol. The Labute approximate surface area is 233 Å². The minimum atomic E-state index is -0.795. The van der Waals surface area contributed by atoms with Gasteiger partial charge in [0.15, 0.2) is 0 Å². The smallest absolute Gasteiger partial charge is 0.412 e. The average Bonchev–Trinajstić information content (AvgIpc) is 2.85. The molecule has 37 heavy (non-hydrogen) atoms. The van der Waals surface area contributed by atoms with Crippen molar-refractivity contribution in [3.8, 4) is 5.75 Å². The maximum atomic E-state index is 12.8. The summed E-state index contributed by atoms with van der Waals surface area (Å²) in [6.45, 7) is 3.89. The van der Waals surface area contributed by atoms with Crippen LogP contribution in [0.3, 0.4) is 0 Å². The zero-order valence-corrected chi connectivity index (χ0v) is 23.7. The quantitative estimate of drug-likeness (QED) is 0.142. The summed E-state index contributed by atoms with van der Waals surface area (Å²) in [6, 6.07) is 19.5. The number of phenolic OH excluding ortho intramolecular Hbond substituents is 1. The van der Waals surface area contributed by atoms with Gasteiger partial charge in [-0.3, -0.25) is 10.1 Å². The molecule has 5 N–H and O–H groups in total. The summed E-state index contributed by atoms with van der Waals surface area (Å²) in [6.07, 6.45) is 2.85. The molecule has 0 saturated heterocycles. The third-order valence-corrected chi connectivity index (χ3v) is 6.80. The van der Waals surface area contributed by atoms with E-state index in [0.717, 1.165) is 4.47 Å². The number of ether oxygens (including phenoxy) is 1. The molecule has 3 aromatic rings. The van der Waals surface area contributed by atoms with Crippen molar-refractivity contribution in [1.29, 1.82) is 0 Å². The number of carbonyl (C=O) groups excluding carboxylic acids is 2. The van der Waals surface area contributed by atoms with E-state index in [2.05, 4.69) is 42.5 Å². The van der Waals surface area contributed by atoms with Gasteiger partial charge in [0, 0.05) is 21.1 Å². The van der Waals surface area contributed by atoms with Crippen LogP contribution in [-0.2, 0) is 9.53 Å². The number of phenols is 1. The third kappa shape index (κ3) is 8.10. The molecule has 0 heterocycles. The van der Waals surface area contributed by atoms with Crippen molar-refractivity contribution in [2.45, 2.75) is 32.8 Å². The van der Waals surface area contributed by atoms with E-state index >= 15 is 0 Å². The minimum Gasteiger partial charge on any atom is -0.506 e. The Balaban J connectivity index is 1.74. The molecule has 0 aliphatic rings. The number of nitrogens with two attached hydrogens (primary N) is 1. The van der Waals surface area contributed by atoms with Gasteiger partial charge in [-0.15, -0.1) is 0 Å². The van der Waals surface area contributed by atoms with Gasteiger partial charge < -0.3 is 20.9 Å². The van der Waals surface area contributed by atoms with Crippen LogP contribution in [0.4, 0.5) is 21.9 Å². The topological polar surface area (TPSA) is 114 Å². The lowest BCUT2D eigenvalue weighted by molar-refractivity contribution is -0.111. The standard InChI is InChI=1S/C28H29Br2N3O4/c1-28(2,15-9-8-14-24(34)33-23-13-7-6-12-22(23)31)26(20-16-18(29)17-21(30)25(20)35)37-27(36)32-19-10-4-3-5-11-19/h3-8,10-14,16-17,26,35H,9,15,31H2,1-2H3,(H,32,36)(H,33,34)/b14-8+/t26-/m1/s1. The van der Waals surface area contributed by atoms with E-state index < -0.39 is 17.6 Å². The molecule has 9 heteroatoms. The summed E-state index contributed by atoms with van der Waals surface area (Å²) in [5.41, 5.74) is 7.35. The van der Waals surface area contributed by atoms with Gasteiger partial charge in [-0.2, -0.15) is 0 Å². The van der Waals surface area contributed by atoms with E-state index in [-0.39, 0.29) is 11.7 Å². The summed E-state index contributed by atoms with van der Waals surface area (Å²) >= 11 is 6.82. The van der Waals surface area contributed by atoms with Crippen LogP contribution >= 0.6 is 31.9 Å². The van der Waals surface area contributed by atoms with Gasteiger partial charge in [0.2, 0.25) is 5.91 Å². The second-order valence-corrected chi connectivity index (χ2v) is 10.9. The lowest BCUT2D eigenvalue weighted by atomic mass is 9.78. The van der Waals surface area contributed by atoms with Crippen molar-refractivity contribution in [3.63, 3.8) is 0 Å². The number of anilines is 3. The Bertz CT molecular complexity index is 1280. The molecule has 194 valence electrons. The molecule has 0 aliphatic heterocycles. The van der Waals surface area contributed by atoms with Crippen LogP contribution in [-0.4, -0.2) is 17.1 Å². The number of aromatic hydroxyl groups is 1. The van der Waals surface area contributed by atoms with Crippen LogP contribution in [0.1, 0.15) is 38.4 Å². The van der Waals surface area contributed by atoms with E-state index in [4.69, 9.17) is 10.5 Å². The number of rotatable bonds is 9. The van der Waals surface area contributed by atoms with E-state index in [0.29, 0.717) is 39.9 Å². The van der Waals surface area contributed by atoms with Crippen LogP contribution in [0.25, 0.3) is 0 Å². The predicted octanol–water partition coefficient (Wildman–Crippen LogP) is 7.79. The summed E-state index contributed by atoms with van der Waals surface area (Å²) in [4.78, 5) is 25.1. The molecule has 0 unspecified atom stereocenters. The first-order chi connectivity index (χ1) is 17.6. The maximum absolute atomic E-state index is 12.8. The largest absolute Gasteiger partial charge is 0.506 e. The van der Waals surface area contributed by atoms with Crippen LogP contribution < -0.4 is 16.4 Å². The number of allylic oxidation sites excluding steroid dienone is 1. The van der Waals surface area contributed by atoms with Gasteiger partial charge in [0.1, 0.15) is 11.9 Å². The van der Waals surface area contributed by atoms with Gasteiger partial charge in [-0.25, -0.2) is 4.79 Å². The number of amides is 2. The highest BCUT2D eigenvalue weighted by Gasteiger charge is 2.36. The minimum absolute atomic E-state index is 0.0100. The molecule has 3 aromatic carbocycles. The first-order valence-electron chi connectivity index (χ1n) is 11.6. The van der Waals surface area contributed by atoms with Crippen molar-refractivity contribution in [2.24, 2.45) is 5.41 Å². The van der Waals surface area contributed by atoms with Crippen molar-refractivity contribution in [3.05, 3.63) is 93.4 Å². The molecular formula is C28H29Br2N3O4. The molecule has 0 aliphatic carbocycles. The van der Waals surface area contributed by atoms with Gasteiger partial charge >= 0.3 is 6.09 Å². The zero-order valence-electron chi connectivity index (χ0n) is 20.5. The zero-order chi connectivity index (χ0) is 27.0. The molecule has 2 amide bonds. The second-order valence-electron chi connectivity index (χ2n) is 9.11. The van der Waals surface area contributed by atoms with Crippen LogP contribution in [0.2, 0.25) is 0 Å². The lowest BCUT2D eigenvalue weighted by Gasteiger charge is -2.34. The summed E-state index contributed by atoms with van der Waals surface area (Å²) in [5.74, 6) is -0.302. The molecular weight excluding hydrogens is 602 g/mol. The molecule has 0 fully saturated rings. The Kier molecular flexibility index (Phi) is 9.77. The number of halogens is 2. The number of nitrogen functional groups attached to an aromatic ring is 1. The summed E-state index contributed by atoms with van der Waals surface area (Å²) in [5, 5.41) is 16.3. The summed E-state index contributed by atoms with van der Waals surface area (Å²) < 4.78 is 7.09. The van der Waals surface area contributed by atoms with Crippen LogP contribution in [0.5, 0.6) is 5.75 Å². The fraction of sp³-hybridized carbons (Fsp3) is 0.214. The van der Waals surface area contributed by atoms with Gasteiger partial charge in [-0.05, 0) is 71.2 Å². The van der Waals surface area contributed by atoms with Gasteiger partial charge in [0.25, 0.3) is 0 Å². The Morgan fingerprint density at radius 3 is 2.43 bits per heavy atom. The summed E-state index contributed by atoms with van der Waals surface area (Å²) in [7, 11) is 0. The van der Waals surface area contributed by atoms with Crippen molar-refractivity contribution >= 4 is 60.9 Å². The maximum Gasteiger partial charge on any atom is 0.412 e. The molecule has 0 bridgehead atoms. The lowest BCUT2D eigenvalue weighted by Crippen LogP contribution is -2.29. The van der Waals surface area contributed by atoms with Crippen molar-refractivity contribution < 1.29 is 19.4 Å². The fourth-order valence-corrected chi connectivity index (χ4v) is 5.03. The number of para-hydroxylation sites is 3. The van der Waals surface area contributed by atoms with E-state index in [1.165, 1.54) is 6.08 Å². The number of hydrogen-bond acceptors (Lipinski definition) is 5. The molecule has 0 radical (unpaired) electrons. The third-order valence-electron chi connectivity index (χ3n) is 5.74. The molecule has 0 aromatic heterocycles. The molecule has 1 atom stereocenters. The van der Waals surface area contributed by atoms with Gasteiger partial charge in [-0.1, -0.05) is 66.2 Å². The average molecular weight is 631 g/mol. The van der Waals surface area contributed by atoms with Gasteiger partial charge in [0.05, 0.1) is 15.8 Å². The molecule has 0 spiro atoms. The SMILES string of the molecule is CC(C)(CC/C=C/C(=O)Nc1ccccc1N)[C@H](OC(=O)Nc1ccccc1)c1cc(Br)cc(Br)c1O. The molecule has 7 nitrogen and oxygen atoms in total. The Hall–Kier alpha value is -3.30. The van der Waals surface area contributed by atoms with E-state index in [1.807, 2.05) is 32.0 Å². The normalized spacial score (nSPS) is 12.2. The number of hydrogen-bond donors (Lipinski definition) is 4. The Morgan fingerprint density at radius 1 is 1.05 bits per heavy atom. The molecule has 0 saturated carbocycles. The van der Waals surface area contributed by atoms with Crippen molar-refractivity contribution in [2.75, 3.05) is 16.4 Å². The second kappa shape index (κ2) is 12.8. The number of benzene rings is 3. The first-order valence-corrected chi connectivity index (χ1v) is 13.2. The van der Waals surface area contributed by atoms with E-state index in [9.17, 15) is 14.7 Å². The van der Waals surface area contributed by atoms with Crippen LogP contribution in [0.15, 0.2) is 87.8 Å². The highest BCUT2D eigenvalue weighted by atomic mass is 79.9.